The number of ether oxygens (including phenoxy) is 2. The van der Waals surface area contributed by atoms with E-state index in [0.717, 1.165) is 6.42 Å². The van der Waals surface area contributed by atoms with Crippen molar-refractivity contribution in [3.8, 4) is 11.8 Å². The predicted molar refractivity (Wildman–Crippen MR) is 87.0 cm³/mol. The second kappa shape index (κ2) is 7.25. The van der Waals surface area contributed by atoms with Gasteiger partial charge in [0.2, 0.25) is 11.8 Å². The summed E-state index contributed by atoms with van der Waals surface area (Å²) in [6.45, 7) is 5.04. The molecule has 0 bridgehead atoms. The smallest absolute Gasteiger partial charge is 0.255 e. The van der Waals surface area contributed by atoms with Crippen LogP contribution in [0.2, 0.25) is 0 Å². The molecule has 1 saturated heterocycles. The molecule has 7 nitrogen and oxygen atoms in total. The summed E-state index contributed by atoms with van der Waals surface area (Å²) in [4.78, 5) is 26.5. The highest BCUT2D eigenvalue weighted by Crippen LogP contribution is 2.18. The zero-order valence-electron chi connectivity index (χ0n) is 13.8. The third-order valence-corrected chi connectivity index (χ3v) is 3.60. The maximum atomic E-state index is 12.5. The van der Waals surface area contributed by atoms with Crippen molar-refractivity contribution in [2.24, 2.45) is 0 Å². The van der Waals surface area contributed by atoms with Crippen molar-refractivity contribution in [2.75, 3.05) is 13.1 Å². The number of hydrogen-bond acceptors (Lipinski definition) is 6. The number of rotatable bonds is 5. The summed E-state index contributed by atoms with van der Waals surface area (Å²) >= 11 is 0. The van der Waals surface area contributed by atoms with E-state index in [1.807, 2.05) is 13.8 Å². The lowest BCUT2D eigenvalue weighted by Gasteiger charge is -2.17. The van der Waals surface area contributed by atoms with Crippen molar-refractivity contribution < 1.29 is 14.3 Å². The molecule has 3 rings (SSSR count). The first-order valence-electron chi connectivity index (χ1n) is 7.96. The van der Waals surface area contributed by atoms with E-state index in [2.05, 4.69) is 15.0 Å². The van der Waals surface area contributed by atoms with Crippen molar-refractivity contribution in [3.63, 3.8) is 0 Å². The van der Waals surface area contributed by atoms with Crippen molar-refractivity contribution >= 4 is 5.91 Å². The lowest BCUT2D eigenvalue weighted by atomic mass is 10.2. The number of aromatic nitrogens is 3. The minimum Gasteiger partial charge on any atom is -0.475 e. The van der Waals surface area contributed by atoms with Gasteiger partial charge in [-0.25, -0.2) is 9.97 Å². The molecule has 3 heterocycles. The van der Waals surface area contributed by atoms with Gasteiger partial charge in [0, 0.05) is 37.6 Å². The molecule has 1 unspecified atom stereocenters. The maximum absolute atomic E-state index is 12.5. The van der Waals surface area contributed by atoms with Crippen LogP contribution in [0.4, 0.5) is 0 Å². The Labute approximate surface area is 140 Å². The van der Waals surface area contributed by atoms with Gasteiger partial charge in [-0.1, -0.05) is 0 Å². The molecule has 0 saturated carbocycles. The SMILES string of the molecule is CC(C)Oc1ccc(C(=O)N2CCC(Oc3cnccn3)C2)cn1. The summed E-state index contributed by atoms with van der Waals surface area (Å²) in [5.74, 6) is 0.948. The van der Waals surface area contributed by atoms with Crippen LogP contribution in [0.1, 0.15) is 30.6 Å². The Morgan fingerprint density at radius 2 is 2.08 bits per heavy atom. The van der Waals surface area contributed by atoms with Crippen LogP contribution in [0.3, 0.4) is 0 Å². The third kappa shape index (κ3) is 3.98. The minimum absolute atomic E-state index is 0.0520. The average molecular weight is 328 g/mol. The molecule has 0 spiro atoms. The number of amides is 1. The molecular weight excluding hydrogens is 308 g/mol. The molecule has 24 heavy (non-hydrogen) atoms. The van der Waals surface area contributed by atoms with Gasteiger partial charge in [0.15, 0.2) is 0 Å². The molecule has 1 atom stereocenters. The first-order valence-corrected chi connectivity index (χ1v) is 7.96. The lowest BCUT2D eigenvalue weighted by molar-refractivity contribution is 0.0770. The van der Waals surface area contributed by atoms with Crippen molar-refractivity contribution in [1.29, 1.82) is 0 Å². The summed E-state index contributed by atoms with van der Waals surface area (Å²) < 4.78 is 11.2. The standard InChI is InChI=1S/C17H20N4O3/c1-12(2)23-15-4-3-13(9-20-15)17(22)21-8-5-14(11-21)24-16-10-18-6-7-19-16/h3-4,6-7,9-10,12,14H,5,8,11H2,1-2H3. The predicted octanol–water partition coefficient (Wildman–Crippen LogP) is 1.95. The fourth-order valence-electron chi connectivity index (χ4n) is 2.53. The number of carbonyl (C=O) groups excluding carboxylic acids is 1. The Balaban J connectivity index is 1.58. The molecular formula is C17H20N4O3. The van der Waals surface area contributed by atoms with E-state index in [1.54, 1.807) is 41.8 Å². The van der Waals surface area contributed by atoms with Crippen LogP contribution in [-0.4, -0.2) is 51.1 Å². The molecule has 0 aromatic carbocycles. The van der Waals surface area contributed by atoms with Gasteiger partial charge in [0.1, 0.15) is 6.10 Å². The fraction of sp³-hybridized carbons (Fsp3) is 0.412. The van der Waals surface area contributed by atoms with Crippen LogP contribution in [0.5, 0.6) is 11.8 Å². The second-order valence-electron chi connectivity index (χ2n) is 5.88. The van der Waals surface area contributed by atoms with Gasteiger partial charge >= 0.3 is 0 Å². The van der Waals surface area contributed by atoms with E-state index >= 15 is 0 Å². The van der Waals surface area contributed by atoms with Gasteiger partial charge in [-0.05, 0) is 19.9 Å². The third-order valence-electron chi connectivity index (χ3n) is 3.60. The number of nitrogens with zero attached hydrogens (tertiary/aromatic N) is 4. The largest absolute Gasteiger partial charge is 0.475 e. The molecule has 7 heteroatoms. The average Bonchev–Trinajstić information content (AvgIpc) is 3.04. The molecule has 1 aliphatic rings. The van der Waals surface area contributed by atoms with Crippen molar-refractivity contribution in [1.82, 2.24) is 19.9 Å². The van der Waals surface area contributed by atoms with E-state index in [9.17, 15) is 4.79 Å². The Kier molecular flexibility index (Phi) is 4.88. The fourth-order valence-corrected chi connectivity index (χ4v) is 2.53. The van der Waals surface area contributed by atoms with Gasteiger partial charge in [0.05, 0.1) is 24.4 Å². The second-order valence-corrected chi connectivity index (χ2v) is 5.88. The summed E-state index contributed by atoms with van der Waals surface area (Å²) in [5.41, 5.74) is 0.547. The number of carbonyl (C=O) groups is 1. The van der Waals surface area contributed by atoms with Crippen LogP contribution in [-0.2, 0) is 0 Å². The van der Waals surface area contributed by atoms with E-state index in [1.165, 1.54) is 0 Å². The molecule has 1 amide bonds. The zero-order chi connectivity index (χ0) is 16.9. The van der Waals surface area contributed by atoms with Crippen LogP contribution in [0.25, 0.3) is 0 Å². The highest BCUT2D eigenvalue weighted by Gasteiger charge is 2.28. The van der Waals surface area contributed by atoms with Crippen LogP contribution in [0.15, 0.2) is 36.9 Å². The summed E-state index contributed by atoms with van der Waals surface area (Å²) in [5, 5.41) is 0. The Morgan fingerprint density at radius 3 is 2.75 bits per heavy atom. The van der Waals surface area contributed by atoms with Crippen molar-refractivity contribution in [2.45, 2.75) is 32.5 Å². The topological polar surface area (TPSA) is 77.4 Å². The lowest BCUT2D eigenvalue weighted by Crippen LogP contribution is -2.31. The van der Waals surface area contributed by atoms with E-state index in [0.29, 0.717) is 30.4 Å². The van der Waals surface area contributed by atoms with Gasteiger partial charge in [-0.3, -0.25) is 9.78 Å². The van der Waals surface area contributed by atoms with Crippen LogP contribution in [0, 0.1) is 0 Å². The van der Waals surface area contributed by atoms with E-state index in [-0.39, 0.29) is 18.1 Å². The van der Waals surface area contributed by atoms with E-state index in [4.69, 9.17) is 9.47 Å². The number of pyridine rings is 1. The Morgan fingerprint density at radius 1 is 1.21 bits per heavy atom. The normalized spacial score (nSPS) is 17.1. The van der Waals surface area contributed by atoms with Gasteiger partial charge in [-0.15, -0.1) is 0 Å². The Bertz CT molecular complexity index is 676. The number of likely N-dealkylation sites (tertiary alicyclic amines) is 1. The van der Waals surface area contributed by atoms with Crippen LogP contribution < -0.4 is 9.47 Å². The highest BCUT2D eigenvalue weighted by molar-refractivity contribution is 5.94. The van der Waals surface area contributed by atoms with Gasteiger partial charge in [0.25, 0.3) is 5.91 Å². The highest BCUT2D eigenvalue weighted by atomic mass is 16.5. The summed E-state index contributed by atoms with van der Waals surface area (Å²) in [7, 11) is 0. The quantitative estimate of drug-likeness (QED) is 0.835. The summed E-state index contributed by atoms with van der Waals surface area (Å²) in [6, 6.07) is 3.46. The van der Waals surface area contributed by atoms with Gasteiger partial charge < -0.3 is 14.4 Å². The van der Waals surface area contributed by atoms with Crippen LogP contribution >= 0.6 is 0 Å². The molecule has 0 radical (unpaired) electrons. The molecule has 0 aliphatic carbocycles. The monoisotopic (exact) mass is 328 g/mol. The molecule has 2 aromatic heterocycles. The molecule has 1 aliphatic heterocycles. The zero-order valence-corrected chi connectivity index (χ0v) is 13.8. The van der Waals surface area contributed by atoms with E-state index < -0.39 is 0 Å². The maximum Gasteiger partial charge on any atom is 0.255 e. The molecule has 1 fully saturated rings. The Hall–Kier alpha value is -2.70. The first kappa shape index (κ1) is 16.2. The summed E-state index contributed by atoms with van der Waals surface area (Å²) in [6.07, 6.45) is 7.05. The molecule has 126 valence electrons. The van der Waals surface area contributed by atoms with Gasteiger partial charge in [-0.2, -0.15) is 0 Å². The number of hydrogen-bond donors (Lipinski definition) is 0. The molecule has 2 aromatic rings. The van der Waals surface area contributed by atoms with Crippen molar-refractivity contribution in [3.05, 3.63) is 42.5 Å². The minimum atomic E-state index is -0.0674. The first-order chi connectivity index (χ1) is 11.6. The molecule has 0 N–H and O–H groups in total.